The molecule has 5 nitrogen and oxygen atoms in total. The summed E-state index contributed by atoms with van der Waals surface area (Å²) in [4.78, 5) is 11.7. The lowest BCUT2D eigenvalue weighted by molar-refractivity contribution is 0.0948. The summed E-state index contributed by atoms with van der Waals surface area (Å²) >= 11 is 0. The fourth-order valence-electron chi connectivity index (χ4n) is 1.61. The second kappa shape index (κ2) is 5.72. The number of carbonyl (C=O) groups is 1. The van der Waals surface area contributed by atoms with Gasteiger partial charge in [0.25, 0.3) is 5.91 Å². The number of amides is 1. The number of hydrogen-bond donors (Lipinski definition) is 2. The highest BCUT2D eigenvalue weighted by atomic mass is 16.1. The normalized spacial score (nSPS) is 13.2. The smallest absolute Gasteiger partial charge is 0.253 e. The van der Waals surface area contributed by atoms with Gasteiger partial charge in [0.1, 0.15) is 0 Å². The van der Waals surface area contributed by atoms with Gasteiger partial charge in [-0.1, -0.05) is 20.8 Å². The first-order valence-corrected chi connectivity index (χ1v) is 5.69. The van der Waals surface area contributed by atoms with Crippen molar-refractivity contribution in [2.45, 2.75) is 33.2 Å². The zero-order valence-corrected chi connectivity index (χ0v) is 10.6. The number of nitrogens with one attached hydrogen (secondary N) is 1. The first-order valence-electron chi connectivity index (χ1n) is 5.69. The molecule has 0 aliphatic heterocycles. The topological polar surface area (TPSA) is 80.9 Å². The molecule has 0 saturated heterocycles. The van der Waals surface area contributed by atoms with Crippen LogP contribution in [0.25, 0.3) is 0 Å². The van der Waals surface area contributed by atoms with Crippen molar-refractivity contribution in [3.63, 3.8) is 0 Å². The molecule has 1 amide bonds. The molecule has 0 bridgehead atoms. The van der Waals surface area contributed by atoms with Crippen LogP contribution in [0.4, 0.5) is 0 Å². The molecule has 0 aliphatic carbocycles. The molecule has 5 heteroatoms. The summed E-state index contributed by atoms with van der Waals surface area (Å²) < 4.78 is 0. The minimum Gasteiger partial charge on any atom is -0.350 e. The van der Waals surface area contributed by atoms with Crippen molar-refractivity contribution in [1.82, 2.24) is 15.5 Å². The van der Waals surface area contributed by atoms with Crippen LogP contribution in [0.5, 0.6) is 0 Å². The third-order valence-electron chi connectivity index (χ3n) is 2.25. The van der Waals surface area contributed by atoms with Crippen LogP contribution in [-0.2, 0) is 0 Å². The molecule has 1 rings (SSSR count). The largest absolute Gasteiger partial charge is 0.350 e. The average molecular weight is 236 g/mol. The van der Waals surface area contributed by atoms with Crippen LogP contribution in [0.1, 0.15) is 37.6 Å². The first kappa shape index (κ1) is 13.6. The van der Waals surface area contributed by atoms with Gasteiger partial charge < -0.3 is 11.1 Å². The van der Waals surface area contributed by atoms with E-state index in [1.165, 1.54) is 12.4 Å². The summed E-state index contributed by atoms with van der Waals surface area (Å²) in [6.07, 6.45) is 3.79. The highest BCUT2D eigenvalue weighted by Gasteiger charge is 2.16. The highest BCUT2D eigenvalue weighted by Crippen LogP contribution is 2.19. The molecule has 0 aliphatic rings. The van der Waals surface area contributed by atoms with Gasteiger partial charge in [0.2, 0.25) is 0 Å². The van der Waals surface area contributed by atoms with Gasteiger partial charge >= 0.3 is 0 Å². The van der Waals surface area contributed by atoms with Crippen molar-refractivity contribution in [1.29, 1.82) is 0 Å². The van der Waals surface area contributed by atoms with E-state index in [2.05, 4.69) is 36.3 Å². The van der Waals surface area contributed by atoms with Crippen LogP contribution in [-0.4, -0.2) is 28.7 Å². The van der Waals surface area contributed by atoms with Crippen molar-refractivity contribution >= 4 is 5.91 Å². The van der Waals surface area contributed by atoms with E-state index in [0.29, 0.717) is 12.1 Å². The van der Waals surface area contributed by atoms with Crippen molar-refractivity contribution in [3.05, 3.63) is 24.0 Å². The Morgan fingerprint density at radius 3 is 2.71 bits per heavy atom. The maximum Gasteiger partial charge on any atom is 0.253 e. The molecular formula is C12H20N4O. The second-order valence-electron chi connectivity index (χ2n) is 5.37. The van der Waals surface area contributed by atoms with E-state index in [4.69, 9.17) is 5.73 Å². The minimum atomic E-state index is -0.163. The Bertz CT molecular complexity index is 359. The predicted molar refractivity (Wildman–Crippen MR) is 66.4 cm³/mol. The number of nitrogens with two attached hydrogens (primary N) is 1. The number of hydrogen-bond acceptors (Lipinski definition) is 4. The highest BCUT2D eigenvalue weighted by molar-refractivity contribution is 5.93. The van der Waals surface area contributed by atoms with Gasteiger partial charge in [-0.25, -0.2) is 0 Å². The predicted octanol–water partition coefficient (Wildman–Crippen LogP) is 0.970. The Hall–Kier alpha value is -1.49. The van der Waals surface area contributed by atoms with E-state index < -0.39 is 0 Å². The third kappa shape index (κ3) is 5.40. The molecule has 1 heterocycles. The molecule has 94 valence electrons. The summed E-state index contributed by atoms with van der Waals surface area (Å²) in [6, 6.07) is 1.59. The Kier molecular flexibility index (Phi) is 4.57. The summed E-state index contributed by atoms with van der Waals surface area (Å²) in [5.74, 6) is -0.163. The first-order chi connectivity index (χ1) is 7.88. The quantitative estimate of drug-likeness (QED) is 0.816. The monoisotopic (exact) mass is 236 g/mol. The summed E-state index contributed by atoms with van der Waals surface area (Å²) in [5, 5.41) is 10.1. The van der Waals surface area contributed by atoms with E-state index in [9.17, 15) is 4.79 Å². The lowest BCUT2D eigenvalue weighted by Gasteiger charge is -2.23. The lowest BCUT2D eigenvalue weighted by atomic mass is 9.88. The number of carbonyl (C=O) groups excluding carboxylic acids is 1. The second-order valence-corrected chi connectivity index (χ2v) is 5.37. The molecule has 0 saturated carbocycles. The minimum absolute atomic E-state index is 0.0336. The van der Waals surface area contributed by atoms with E-state index in [1.807, 2.05) is 0 Å². The van der Waals surface area contributed by atoms with Gasteiger partial charge in [-0.15, -0.1) is 0 Å². The van der Waals surface area contributed by atoms with Gasteiger partial charge in [-0.3, -0.25) is 4.79 Å². The third-order valence-corrected chi connectivity index (χ3v) is 2.25. The van der Waals surface area contributed by atoms with Crippen LogP contribution in [0.3, 0.4) is 0 Å². The summed E-state index contributed by atoms with van der Waals surface area (Å²) in [6.45, 7) is 6.85. The van der Waals surface area contributed by atoms with Gasteiger partial charge in [0.15, 0.2) is 0 Å². The van der Waals surface area contributed by atoms with Crippen LogP contribution < -0.4 is 11.1 Å². The van der Waals surface area contributed by atoms with E-state index in [1.54, 1.807) is 6.07 Å². The molecule has 17 heavy (non-hydrogen) atoms. The molecule has 0 radical (unpaired) electrons. The number of aromatic nitrogens is 2. The van der Waals surface area contributed by atoms with Gasteiger partial charge in [0.05, 0.1) is 18.0 Å². The fraction of sp³-hybridized carbons (Fsp3) is 0.583. The van der Waals surface area contributed by atoms with Crippen molar-refractivity contribution in [2.24, 2.45) is 11.1 Å². The van der Waals surface area contributed by atoms with Crippen LogP contribution >= 0.6 is 0 Å². The van der Waals surface area contributed by atoms with Gasteiger partial charge in [0, 0.05) is 12.6 Å². The van der Waals surface area contributed by atoms with Crippen LogP contribution in [0.2, 0.25) is 0 Å². The Balaban J connectivity index is 2.39. The van der Waals surface area contributed by atoms with Crippen molar-refractivity contribution in [2.75, 3.05) is 6.54 Å². The standard InChI is InChI=1S/C12H20N4O/c1-12(2,3)6-10(13)8-14-11(17)9-4-5-15-16-7-9/h4-5,7,10H,6,8,13H2,1-3H3,(H,14,17). The zero-order valence-electron chi connectivity index (χ0n) is 10.6. The van der Waals surface area contributed by atoms with Gasteiger partial charge in [-0.05, 0) is 17.9 Å². The molecule has 1 aromatic rings. The maximum atomic E-state index is 11.7. The van der Waals surface area contributed by atoms with E-state index in [-0.39, 0.29) is 17.4 Å². The Labute approximate surface area is 102 Å². The summed E-state index contributed by atoms with van der Waals surface area (Å²) in [5.41, 5.74) is 6.62. The Morgan fingerprint density at radius 2 is 2.18 bits per heavy atom. The molecule has 3 N–H and O–H groups in total. The SMILES string of the molecule is CC(C)(C)CC(N)CNC(=O)c1ccnnc1. The molecule has 1 unspecified atom stereocenters. The van der Waals surface area contributed by atoms with Crippen LogP contribution in [0, 0.1) is 5.41 Å². The molecule has 0 aromatic carbocycles. The van der Waals surface area contributed by atoms with Gasteiger partial charge in [-0.2, -0.15) is 10.2 Å². The van der Waals surface area contributed by atoms with Crippen LogP contribution in [0.15, 0.2) is 18.5 Å². The molecule has 0 fully saturated rings. The number of nitrogens with zero attached hydrogens (tertiary/aromatic N) is 2. The molecular weight excluding hydrogens is 216 g/mol. The molecule has 1 aromatic heterocycles. The zero-order chi connectivity index (χ0) is 12.9. The Morgan fingerprint density at radius 1 is 1.47 bits per heavy atom. The lowest BCUT2D eigenvalue weighted by Crippen LogP contribution is -2.39. The molecule has 0 spiro atoms. The summed E-state index contributed by atoms with van der Waals surface area (Å²) in [7, 11) is 0. The van der Waals surface area contributed by atoms with E-state index >= 15 is 0 Å². The van der Waals surface area contributed by atoms with Crippen molar-refractivity contribution < 1.29 is 4.79 Å². The van der Waals surface area contributed by atoms with E-state index in [0.717, 1.165) is 6.42 Å². The maximum absolute atomic E-state index is 11.7. The van der Waals surface area contributed by atoms with Crippen molar-refractivity contribution in [3.8, 4) is 0 Å². The number of rotatable bonds is 4. The average Bonchev–Trinajstić information content (AvgIpc) is 2.25. The fourth-order valence-corrected chi connectivity index (χ4v) is 1.61. The molecule has 1 atom stereocenters.